The molecule has 0 spiro atoms. The summed E-state index contributed by atoms with van der Waals surface area (Å²) in [7, 11) is 0. The molecule has 3 heteroatoms. The highest BCUT2D eigenvalue weighted by Crippen LogP contribution is 2.19. The molecule has 1 heterocycles. The molecule has 0 fully saturated rings. The third-order valence-electron chi connectivity index (χ3n) is 2.55. The molecule has 1 aromatic heterocycles. The molecule has 0 radical (unpaired) electrons. The first-order valence-electron chi connectivity index (χ1n) is 5.65. The Kier molecular flexibility index (Phi) is 4.56. The maximum absolute atomic E-state index is 5.98. The van der Waals surface area contributed by atoms with Crippen molar-refractivity contribution in [2.45, 2.75) is 39.7 Å². The van der Waals surface area contributed by atoms with Crippen molar-refractivity contribution in [2.75, 3.05) is 11.9 Å². The van der Waals surface area contributed by atoms with E-state index in [9.17, 15) is 0 Å². The van der Waals surface area contributed by atoms with Crippen molar-refractivity contribution in [3.63, 3.8) is 0 Å². The zero-order chi connectivity index (χ0) is 11.3. The first kappa shape index (κ1) is 12.0. The normalized spacial score (nSPS) is 12.5. The Morgan fingerprint density at radius 3 is 2.73 bits per heavy atom. The smallest absolute Gasteiger partial charge is 0.126 e. The number of hydrogen-bond donors (Lipinski definition) is 2. The van der Waals surface area contributed by atoms with E-state index in [1.54, 1.807) is 0 Å². The van der Waals surface area contributed by atoms with Crippen LogP contribution in [0.15, 0.2) is 12.3 Å². The molecule has 1 aromatic rings. The summed E-state index contributed by atoms with van der Waals surface area (Å²) in [5, 5.41) is 3.27. The molecule has 84 valence electrons. The number of nitrogens with two attached hydrogens (primary N) is 1. The SMILES string of the molecule is CCCNc1cc(C)c(C(N)CC)cn1. The minimum atomic E-state index is 0.109. The second-order valence-electron chi connectivity index (χ2n) is 3.87. The van der Waals surface area contributed by atoms with E-state index in [2.05, 4.69) is 37.1 Å². The second kappa shape index (κ2) is 5.71. The summed E-state index contributed by atoms with van der Waals surface area (Å²) in [4.78, 5) is 4.35. The molecule has 1 rings (SSSR count). The molecule has 0 saturated heterocycles. The van der Waals surface area contributed by atoms with Crippen LogP contribution in [0.1, 0.15) is 43.9 Å². The number of anilines is 1. The van der Waals surface area contributed by atoms with E-state index in [1.165, 1.54) is 5.56 Å². The molecule has 0 bridgehead atoms. The average Bonchev–Trinajstić information content (AvgIpc) is 2.25. The Morgan fingerprint density at radius 2 is 2.20 bits per heavy atom. The van der Waals surface area contributed by atoms with Gasteiger partial charge in [-0.25, -0.2) is 4.98 Å². The van der Waals surface area contributed by atoms with E-state index in [0.717, 1.165) is 30.8 Å². The highest BCUT2D eigenvalue weighted by molar-refractivity contribution is 5.41. The molecule has 0 aliphatic heterocycles. The van der Waals surface area contributed by atoms with Gasteiger partial charge in [0.25, 0.3) is 0 Å². The lowest BCUT2D eigenvalue weighted by molar-refractivity contribution is 0.690. The third-order valence-corrected chi connectivity index (χ3v) is 2.55. The molecule has 1 unspecified atom stereocenters. The van der Waals surface area contributed by atoms with Gasteiger partial charge in [-0.1, -0.05) is 13.8 Å². The van der Waals surface area contributed by atoms with E-state index in [-0.39, 0.29) is 6.04 Å². The Bertz CT molecular complexity index is 310. The van der Waals surface area contributed by atoms with Gasteiger partial charge in [-0.2, -0.15) is 0 Å². The fraction of sp³-hybridized carbons (Fsp3) is 0.583. The lowest BCUT2D eigenvalue weighted by Gasteiger charge is -2.13. The summed E-state index contributed by atoms with van der Waals surface area (Å²) in [6.45, 7) is 7.28. The molecule has 15 heavy (non-hydrogen) atoms. The van der Waals surface area contributed by atoms with Crippen LogP contribution in [-0.2, 0) is 0 Å². The van der Waals surface area contributed by atoms with E-state index < -0.39 is 0 Å². The molecule has 1 atom stereocenters. The van der Waals surface area contributed by atoms with Crippen LogP contribution in [0.2, 0.25) is 0 Å². The molecule has 3 N–H and O–H groups in total. The topological polar surface area (TPSA) is 50.9 Å². The Labute approximate surface area is 92.1 Å². The Hall–Kier alpha value is -1.09. The predicted octanol–water partition coefficient (Wildman–Crippen LogP) is 2.62. The van der Waals surface area contributed by atoms with Gasteiger partial charge >= 0.3 is 0 Å². The van der Waals surface area contributed by atoms with Crippen LogP contribution in [0.3, 0.4) is 0 Å². The van der Waals surface area contributed by atoms with Gasteiger partial charge in [0.2, 0.25) is 0 Å². The average molecular weight is 207 g/mol. The van der Waals surface area contributed by atoms with Crippen molar-refractivity contribution < 1.29 is 0 Å². The highest BCUT2D eigenvalue weighted by atomic mass is 15.0. The standard InChI is InChI=1S/C12H21N3/c1-4-6-14-12-7-9(3)10(8-15-12)11(13)5-2/h7-8,11H,4-6,13H2,1-3H3,(H,14,15). The minimum absolute atomic E-state index is 0.109. The fourth-order valence-corrected chi connectivity index (χ4v) is 1.52. The zero-order valence-electron chi connectivity index (χ0n) is 9.88. The van der Waals surface area contributed by atoms with Crippen molar-refractivity contribution in [3.05, 3.63) is 23.4 Å². The van der Waals surface area contributed by atoms with Crippen LogP contribution < -0.4 is 11.1 Å². The van der Waals surface area contributed by atoms with Crippen molar-refractivity contribution in [1.82, 2.24) is 4.98 Å². The van der Waals surface area contributed by atoms with Gasteiger partial charge in [0.05, 0.1) is 0 Å². The van der Waals surface area contributed by atoms with E-state index in [0.29, 0.717) is 0 Å². The van der Waals surface area contributed by atoms with Crippen molar-refractivity contribution in [1.29, 1.82) is 0 Å². The van der Waals surface area contributed by atoms with E-state index in [1.807, 2.05) is 6.20 Å². The summed E-state index contributed by atoms with van der Waals surface area (Å²) < 4.78 is 0. The van der Waals surface area contributed by atoms with Crippen LogP contribution >= 0.6 is 0 Å². The van der Waals surface area contributed by atoms with Gasteiger partial charge in [-0.05, 0) is 37.0 Å². The van der Waals surface area contributed by atoms with Crippen LogP contribution in [0.4, 0.5) is 5.82 Å². The molecule has 3 nitrogen and oxygen atoms in total. The number of aromatic nitrogens is 1. The molecule has 0 saturated carbocycles. The largest absolute Gasteiger partial charge is 0.370 e. The predicted molar refractivity (Wildman–Crippen MR) is 65.0 cm³/mol. The number of nitrogens with one attached hydrogen (secondary N) is 1. The lowest BCUT2D eigenvalue weighted by Crippen LogP contribution is -2.11. The maximum atomic E-state index is 5.98. The molecule has 0 aliphatic carbocycles. The molecular formula is C12H21N3. The quantitative estimate of drug-likeness (QED) is 0.780. The maximum Gasteiger partial charge on any atom is 0.126 e. The number of nitrogens with zero attached hydrogens (tertiary/aromatic N) is 1. The number of hydrogen-bond acceptors (Lipinski definition) is 3. The van der Waals surface area contributed by atoms with Gasteiger partial charge in [0.1, 0.15) is 5.82 Å². The van der Waals surface area contributed by atoms with Gasteiger partial charge < -0.3 is 11.1 Å². The molecule has 0 aliphatic rings. The highest BCUT2D eigenvalue weighted by Gasteiger charge is 2.07. The summed E-state index contributed by atoms with van der Waals surface area (Å²) in [6.07, 6.45) is 3.95. The summed E-state index contributed by atoms with van der Waals surface area (Å²) in [5.74, 6) is 0.946. The minimum Gasteiger partial charge on any atom is -0.370 e. The summed E-state index contributed by atoms with van der Waals surface area (Å²) in [5.41, 5.74) is 8.36. The number of pyridine rings is 1. The first-order valence-corrected chi connectivity index (χ1v) is 5.65. The fourth-order valence-electron chi connectivity index (χ4n) is 1.52. The molecular weight excluding hydrogens is 186 g/mol. The summed E-state index contributed by atoms with van der Waals surface area (Å²) in [6, 6.07) is 2.18. The van der Waals surface area contributed by atoms with Crippen LogP contribution in [0.5, 0.6) is 0 Å². The monoisotopic (exact) mass is 207 g/mol. The number of aryl methyl sites for hydroxylation is 1. The number of rotatable bonds is 5. The van der Waals surface area contributed by atoms with Crippen molar-refractivity contribution >= 4 is 5.82 Å². The third kappa shape index (κ3) is 3.20. The van der Waals surface area contributed by atoms with Crippen LogP contribution in [0, 0.1) is 6.92 Å². The van der Waals surface area contributed by atoms with E-state index in [4.69, 9.17) is 5.73 Å². The second-order valence-corrected chi connectivity index (χ2v) is 3.87. The Balaban J connectivity index is 2.78. The molecule has 0 aromatic carbocycles. The molecule has 0 amide bonds. The van der Waals surface area contributed by atoms with Crippen LogP contribution in [0.25, 0.3) is 0 Å². The lowest BCUT2D eigenvalue weighted by atomic mass is 10.0. The van der Waals surface area contributed by atoms with Gasteiger partial charge in [0, 0.05) is 18.8 Å². The van der Waals surface area contributed by atoms with Crippen LogP contribution in [-0.4, -0.2) is 11.5 Å². The Morgan fingerprint density at radius 1 is 1.47 bits per heavy atom. The van der Waals surface area contributed by atoms with Gasteiger partial charge in [-0.3, -0.25) is 0 Å². The summed E-state index contributed by atoms with van der Waals surface area (Å²) >= 11 is 0. The first-order chi connectivity index (χ1) is 7.19. The van der Waals surface area contributed by atoms with Crippen molar-refractivity contribution in [3.8, 4) is 0 Å². The van der Waals surface area contributed by atoms with Gasteiger partial charge in [-0.15, -0.1) is 0 Å². The zero-order valence-corrected chi connectivity index (χ0v) is 9.88. The van der Waals surface area contributed by atoms with Gasteiger partial charge in [0.15, 0.2) is 0 Å². The van der Waals surface area contributed by atoms with Crippen molar-refractivity contribution in [2.24, 2.45) is 5.73 Å². The van der Waals surface area contributed by atoms with E-state index >= 15 is 0 Å².